The van der Waals surface area contributed by atoms with E-state index in [-0.39, 0.29) is 28.1 Å². The molecular weight excluding hydrogens is 434 g/mol. The number of benzene rings is 1. The number of pyridine rings is 1. The lowest BCUT2D eigenvalue weighted by Gasteiger charge is -2.11. The molecule has 0 bridgehead atoms. The smallest absolute Gasteiger partial charge is 0.425 e. The number of hydrogen-bond acceptors (Lipinski definition) is 7. The van der Waals surface area contributed by atoms with E-state index in [1.54, 1.807) is 12.1 Å². The van der Waals surface area contributed by atoms with Crippen molar-refractivity contribution < 1.29 is 24.4 Å². The second-order valence-electron chi connectivity index (χ2n) is 6.71. The minimum atomic E-state index is -1.49. The third-order valence-electron chi connectivity index (χ3n) is 4.42. The van der Waals surface area contributed by atoms with Crippen LogP contribution in [0.4, 0.5) is 10.5 Å². The number of aryl methyl sites for hydroxylation is 1. The standard InChI is InChI=1S/C20H19N7O6/c1-2-5-15-16(12-6-3-8-14(10-12)27(32)33)17(26(24-15)25-20(30)31)19(29)23-22-18(28)13-7-4-9-21-11-13/h3-4,6-11,25H,2,5H2,1H3,(H,22,28)(H,23,29)(H,30,31). The maximum atomic E-state index is 13.0. The molecule has 0 spiro atoms. The molecular formula is C20H19N7O6. The summed E-state index contributed by atoms with van der Waals surface area (Å²) < 4.78 is 0. The number of hydrazine groups is 1. The second kappa shape index (κ2) is 10.00. The molecule has 4 N–H and O–H groups in total. The molecule has 170 valence electrons. The summed E-state index contributed by atoms with van der Waals surface area (Å²) in [6.45, 7) is 1.86. The van der Waals surface area contributed by atoms with Crippen LogP contribution in [0.25, 0.3) is 11.1 Å². The van der Waals surface area contributed by atoms with Crippen molar-refractivity contribution in [3.63, 3.8) is 0 Å². The highest BCUT2D eigenvalue weighted by molar-refractivity contribution is 6.02. The topological polar surface area (TPSA) is 181 Å². The summed E-state index contributed by atoms with van der Waals surface area (Å²) in [5.74, 6) is -1.54. The number of rotatable bonds is 7. The summed E-state index contributed by atoms with van der Waals surface area (Å²) in [6, 6.07) is 8.55. The molecule has 0 saturated heterocycles. The highest BCUT2D eigenvalue weighted by atomic mass is 16.6. The Kier molecular flexibility index (Phi) is 6.93. The van der Waals surface area contributed by atoms with Crippen molar-refractivity contribution in [3.8, 4) is 11.1 Å². The van der Waals surface area contributed by atoms with Gasteiger partial charge in [-0.1, -0.05) is 25.5 Å². The van der Waals surface area contributed by atoms with E-state index in [0.717, 1.165) is 4.79 Å². The van der Waals surface area contributed by atoms with E-state index < -0.39 is 22.8 Å². The number of non-ortho nitro benzene ring substituents is 1. The van der Waals surface area contributed by atoms with Crippen LogP contribution in [0, 0.1) is 10.1 Å². The third kappa shape index (κ3) is 5.28. The van der Waals surface area contributed by atoms with Gasteiger partial charge in [-0.3, -0.25) is 35.5 Å². The molecule has 0 aliphatic rings. The van der Waals surface area contributed by atoms with Gasteiger partial charge in [0.2, 0.25) is 0 Å². The van der Waals surface area contributed by atoms with Crippen LogP contribution in [0.1, 0.15) is 39.9 Å². The largest absolute Gasteiger partial charge is 0.464 e. The maximum Gasteiger partial charge on any atom is 0.425 e. The van der Waals surface area contributed by atoms with Gasteiger partial charge in [0.1, 0.15) is 0 Å². The number of hydrogen-bond donors (Lipinski definition) is 4. The average Bonchev–Trinajstić information content (AvgIpc) is 3.15. The summed E-state index contributed by atoms with van der Waals surface area (Å²) in [5, 5.41) is 24.6. The van der Waals surface area contributed by atoms with Crippen LogP contribution in [0.3, 0.4) is 0 Å². The van der Waals surface area contributed by atoms with Gasteiger partial charge in [-0.05, 0) is 24.1 Å². The summed E-state index contributed by atoms with van der Waals surface area (Å²) in [5.41, 5.74) is 6.98. The average molecular weight is 453 g/mol. The lowest BCUT2D eigenvalue weighted by Crippen LogP contribution is -2.43. The zero-order chi connectivity index (χ0) is 24.0. The normalized spacial score (nSPS) is 10.3. The molecule has 0 fully saturated rings. The van der Waals surface area contributed by atoms with Crippen molar-refractivity contribution in [3.05, 3.63) is 75.9 Å². The number of nitro groups is 1. The van der Waals surface area contributed by atoms with Crippen molar-refractivity contribution in [1.29, 1.82) is 0 Å². The van der Waals surface area contributed by atoms with Gasteiger partial charge >= 0.3 is 6.09 Å². The van der Waals surface area contributed by atoms with Gasteiger partial charge in [-0.2, -0.15) is 9.89 Å². The Morgan fingerprint density at radius 2 is 1.91 bits per heavy atom. The molecule has 0 unspecified atom stereocenters. The molecule has 3 rings (SSSR count). The first-order chi connectivity index (χ1) is 15.8. The van der Waals surface area contributed by atoms with Crippen molar-refractivity contribution in [1.82, 2.24) is 25.7 Å². The van der Waals surface area contributed by atoms with Crippen LogP contribution in [0.15, 0.2) is 48.8 Å². The predicted octanol–water partition coefficient (Wildman–Crippen LogP) is 2.10. The molecule has 13 nitrogen and oxygen atoms in total. The summed E-state index contributed by atoms with van der Waals surface area (Å²) in [4.78, 5) is 51.8. The second-order valence-corrected chi connectivity index (χ2v) is 6.71. The van der Waals surface area contributed by atoms with Gasteiger partial charge in [0.15, 0.2) is 5.69 Å². The first-order valence-corrected chi connectivity index (χ1v) is 9.69. The Balaban J connectivity index is 2.04. The van der Waals surface area contributed by atoms with Gasteiger partial charge in [0.05, 0.1) is 16.2 Å². The molecule has 2 heterocycles. The minimum absolute atomic E-state index is 0.181. The van der Waals surface area contributed by atoms with Crippen molar-refractivity contribution in [2.24, 2.45) is 0 Å². The number of carboxylic acid groups (broad SMARTS) is 1. The fourth-order valence-corrected chi connectivity index (χ4v) is 3.08. The number of amides is 3. The molecule has 33 heavy (non-hydrogen) atoms. The first kappa shape index (κ1) is 22.9. The first-order valence-electron chi connectivity index (χ1n) is 9.69. The molecule has 0 aliphatic carbocycles. The van der Waals surface area contributed by atoms with Crippen LogP contribution in [0.5, 0.6) is 0 Å². The summed E-state index contributed by atoms with van der Waals surface area (Å²) in [6.07, 6.45) is 2.25. The minimum Gasteiger partial charge on any atom is -0.464 e. The molecule has 2 aromatic heterocycles. The lowest BCUT2D eigenvalue weighted by atomic mass is 10.00. The van der Waals surface area contributed by atoms with Crippen molar-refractivity contribution in [2.75, 3.05) is 5.43 Å². The van der Waals surface area contributed by atoms with Crippen molar-refractivity contribution >= 4 is 23.6 Å². The monoisotopic (exact) mass is 453 g/mol. The Labute approximate surface area is 186 Å². The number of carbonyl (C=O) groups excluding carboxylic acids is 2. The number of carbonyl (C=O) groups is 3. The van der Waals surface area contributed by atoms with E-state index in [1.165, 1.54) is 36.7 Å². The van der Waals surface area contributed by atoms with Gasteiger partial charge in [-0.15, -0.1) is 0 Å². The highest BCUT2D eigenvalue weighted by Crippen LogP contribution is 2.31. The fraction of sp³-hybridized carbons (Fsp3) is 0.150. The van der Waals surface area contributed by atoms with Gasteiger partial charge < -0.3 is 5.11 Å². The van der Waals surface area contributed by atoms with Crippen molar-refractivity contribution in [2.45, 2.75) is 19.8 Å². The quantitative estimate of drug-likeness (QED) is 0.310. The SMILES string of the molecule is CCCc1nn(NC(=O)O)c(C(=O)NNC(=O)c2cccnc2)c1-c1cccc([N+](=O)[O-])c1. The van der Waals surface area contributed by atoms with Crippen LogP contribution in [-0.2, 0) is 6.42 Å². The highest BCUT2D eigenvalue weighted by Gasteiger charge is 2.27. The molecule has 0 aliphatic heterocycles. The summed E-state index contributed by atoms with van der Waals surface area (Å²) in [7, 11) is 0. The van der Waals surface area contributed by atoms with Gasteiger partial charge in [0, 0.05) is 30.1 Å². The van der Waals surface area contributed by atoms with Crippen LogP contribution >= 0.6 is 0 Å². The maximum absolute atomic E-state index is 13.0. The van der Waals surface area contributed by atoms with Crippen LogP contribution in [0.2, 0.25) is 0 Å². The Morgan fingerprint density at radius 3 is 2.55 bits per heavy atom. The zero-order valence-corrected chi connectivity index (χ0v) is 17.3. The van der Waals surface area contributed by atoms with E-state index in [4.69, 9.17) is 0 Å². The van der Waals surface area contributed by atoms with Gasteiger partial charge in [0.25, 0.3) is 17.5 Å². The summed E-state index contributed by atoms with van der Waals surface area (Å²) >= 11 is 0. The van der Waals surface area contributed by atoms with E-state index >= 15 is 0 Å². The number of nitro benzene ring substituents is 1. The molecule has 1 aromatic carbocycles. The number of nitrogens with zero attached hydrogens (tertiary/aromatic N) is 4. The van der Waals surface area contributed by atoms with Crippen LogP contribution in [-0.4, -0.2) is 42.8 Å². The molecule has 3 amide bonds. The van der Waals surface area contributed by atoms with Gasteiger partial charge in [-0.25, -0.2) is 10.2 Å². The number of nitrogens with one attached hydrogen (secondary N) is 3. The molecule has 0 atom stereocenters. The fourth-order valence-electron chi connectivity index (χ4n) is 3.08. The zero-order valence-electron chi connectivity index (χ0n) is 17.3. The lowest BCUT2D eigenvalue weighted by molar-refractivity contribution is -0.384. The van der Waals surface area contributed by atoms with E-state index in [2.05, 4.69) is 20.9 Å². The molecule has 3 aromatic rings. The van der Waals surface area contributed by atoms with E-state index in [1.807, 2.05) is 12.3 Å². The Morgan fingerprint density at radius 1 is 1.15 bits per heavy atom. The Hall–Kier alpha value is -4.81. The van der Waals surface area contributed by atoms with Crippen LogP contribution < -0.4 is 16.3 Å². The molecule has 0 radical (unpaired) electrons. The predicted molar refractivity (Wildman–Crippen MR) is 115 cm³/mol. The Bertz CT molecular complexity index is 1210. The third-order valence-corrected chi connectivity index (χ3v) is 4.42. The molecule has 13 heteroatoms. The van der Waals surface area contributed by atoms with E-state index in [0.29, 0.717) is 18.5 Å². The molecule has 0 saturated carbocycles. The number of aromatic nitrogens is 3. The van der Waals surface area contributed by atoms with E-state index in [9.17, 15) is 29.6 Å².